The molecule has 1 rings (SSSR count). The number of aliphatic hydroxyl groups is 2. The Balaban J connectivity index is 2.77. The number of carbonyl (C=O) groups is 4. The summed E-state index contributed by atoms with van der Waals surface area (Å²) in [6.45, 7) is 0.426. The highest BCUT2D eigenvalue weighted by Crippen LogP contribution is 2.03. The fourth-order valence-electron chi connectivity index (χ4n) is 2.54. The Morgan fingerprint density at radius 1 is 1.00 bits per heavy atom. The summed E-state index contributed by atoms with van der Waals surface area (Å²) in [6.07, 6.45) is -1.11. The van der Waals surface area contributed by atoms with Crippen LogP contribution in [0.25, 0.3) is 0 Å². The predicted molar refractivity (Wildman–Crippen MR) is 114 cm³/mol. The molecule has 0 aliphatic carbocycles. The lowest BCUT2D eigenvalue weighted by Gasteiger charge is -2.25. The first-order valence-electron chi connectivity index (χ1n) is 9.43. The van der Waals surface area contributed by atoms with Gasteiger partial charge in [-0.15, -0.1) is 0 Å². The van der Waals surface area contributed by atoms with Gasteiger partial charge >= 0.3 is 5.97 Å². The Morgan fingerprint density at radius 3 is 2.06 bits per heavy atom. The van der Waals surface area contributed by atoms with Crippen LogP contribution in [0.15, 0.2) is 30.3 Å². The topological polar surface area (TPSA) is 191 Å². The Morgan fingerprint density at radius 2 is 1.58 bits per heavy atom. The lowest BCUT2D eigenvalue weighted by molar-refractivity contribution is -0.143. The van der Waals surface area contributed by atoms with Crippen molar-refractivity contribution in [2.45, 2.75) is 43.6 Å². The molecular formula is C19H28N4O7S. The largest absolute Gasteiger partial charge is 0.480 e. The van der Waals surface area contributed by atoms with Crippen molar-refractivity contribution < 1.29 is 34.5 Å². The van der Waals surface area contributed by atoms with Crippen molar-refractivity contribution in [1.82, 2.24) is 16.0 Å². The summed E-state index contributed by atoms with van der Waals surface area (Å²) in [4.78, 5) is 48.1. The fourth-order valence-corrected chi connectivity index (χ4v) is 2.80. The van der Waals surface area contributed by atoms with E-state index in [2.05, 4.69) is 28.6 Å². The number of benzene rings is 1. The number of hydrogen-bond acceptors (Lipinski definition) is 8. The zero-order valence-corrected chi connectivity index (χ0v) is 17.8. The molecule has 31 heavy (non-hydrogen) atoms. The molecule has 0 heterocycles. The zero-order chi connectivity index (χ0) is 23.6. The molecule has 0 spiro atoms. The maximum Gasteiger partial charge on any atom is 0.328 e. The average Bonchev–Trinajstić information content (AvgIpc) is 2.73. The van der Waals surface area contributed by atoms with Crippen molar-refractivity contribution in [2.75, 3.05) is 12.4 Å². The average molecular weight is 457 g/mol. The maximum absolute atomic E-state index is 12.6. The van der Waals surface area contributed by atoms with Crippen LogP contribution in [0.5, 0.6) is 0 Å². The molecule has 172 valence electrons. The van der Waals surface area contributed by atoms with E-state index in [-0.39, 0.29) is 12.2 Å². The monoisotopic (exact) mass is 456 g/mol. The van der Waals surface area contributed by atoms with Crippen LogP contribution in [0.3, 0.4) is 0 Å². The molecule has 0 saturated heterocycles. The molecule has 3 amide bonds. The van der Waals surface area contributed by atoms with E-state index >= 15 is 0 Å². The molecule has 5 atom stereocenters. The minimum atomic E-state index is -1.56. The summed E-state index contributed by atoms with van der Waals surface area (Å²) < 4.78 is 0. The second-order valence-corrected chi connectivity index (χ2v) is 7.21. The number of amides is 3. The summed E-state index contributed by atoms with van der Waals surface area (Å²) >= 11 is 3.96. The van der Waals surface area contributed by atoms with E-state index in [0.717, 1.165) is 5.56 Å². The van der Waals surface area contributed by atoms with Crippen molar-refractivity contribution in [2.24, 2.45) is 5.73 Å². The number of nitrogens with two attached hydrogens (primary N) is 1. The van der Waals surface area contributed by atoms with Crippen molar-refractivity contribution in [3.63, 3.8) is 0 Å². The first-order valence-corrected chi connectivity index (χ1v) is 10.1. The SMILES string of the molecule is CC(O)C(NC(=O)C(N)Cc1ccccc1)C(=O)NC(CS)C(=O)NC(CO)C(=O)O. The fraction of sp³-hybridized carbons (Fsp3) is 0.474. The molecule has 11 nitrogen and oxygen atoms in total. The van der Waals surface area contributed by atoms with Crippen LogP contribution in [-0.2, 0) is 25.6 Å². The van der Waals surface area contributed by atoms with Crippen LogP contribution in [0.1, 0.15) is 12.5 Å². The molecule has 0 saturated carbocycles. The van der Waals surface area contributed by atoms with E-state index in [1.165, 1.54) is 6.92 Å². The molecule has 0 aromatic heterocycles. The van der Waals surface area contributed by atoms with Gasteiger partial charge in [0.25, 0.3) is 0 Å². The minimum Gasteiger partial charge on any atom is -0.480 e. The molecule has 0 radical (unpaired) electrons. The molecule has 1 aromatic rings. The third-order valence-electron chi connectivity index (χ3n) is 4.31. The Labute approximate surface area is 184 Å². The zero-order valence-electron chi connectivity index (χ0n) is 16.9. The van der Waals surface area contributed by atoms with Gasteiger partial charge in [0, 0.05) is 5.75 Å². The van der Waals surface area contributed by atoms with Gasteiger partial charge in [0.05, 0.1) is 18.8 Å². The lowest BCUT2D eigenvalue weighted by atomic mass is 10.0. The predicted octanol–water partition coefficient (Wildman–Crippen LogP) is -2.60. The Bertz CT molecular complexity index is 763. The number of aliphatic carboxylic acids is 1. The molecule has 5 unspecified atom stereocenters. The smallest absolute Gasteiger partial charge is 0.328 e. The van der Waals surface area contributed by atoms with Gasteiger partial charge in [0.2, 0.25) is 17.7 Å². The quantitative estimate of drug-likeness (QED) is 0.157. The number of thiol groups is 1. The second-order valence-electron chi connectivity index (χ2n) is 6.85. The second kappa shape index (κ2) is 12.9. The summed E-state index contributed by atoms with van der Waals surface area (Å²) in [5.74, 6) is -4.13. The highest BCUT2D eigenvalue weighted by atomic mass is 32.1. The van der Waals surface area contributed by atoms with Gasteiger partial charge in [0.1, 0.15) is 18.1 Å². The third-order valence-corrected chi connectivity index (χ3v) is 4.68. The normalized spacial score (nSPS) is 15.6. The lowest BCUT2D eigenvalue weighted by Crippen LogP contribution is -2.60. The number of carbonyl (C=O) groups excluding carboxylic acids is 3. The molecule has 0 aliphatic heterocycles. The summed E-state index contributed by atoms with van der Waals surface area (Å²) in [6, 6.07) is 3.74. The number of nitrogens with one attached hydrogen (secondary N) is 3. The van der Waals surface area contributed by atoms with Crippen LogP contribution >= 0.6 is 12.6 Å². The molecular weight excluding hydrogens is 428 g/mol. The Hall–Kier alpha value is -2.67. The van der Waals surface area contributed by atoms with Crippen molar-refractivity contribution in [3.8, 4) is 0 Å². The van der Waals surface area contributed by atoms with Crippen molar-refractivity contribution in [3.05, 3.63) is 35.9 Å². The molecule has 0 fully saturated rings. The molecule has 0 aliphatic rings. The van der Waals surface area contributed by atoms with Crippen molar-refractivity contribution >= 4 is 36.3 Å². The highest BCUT2D eigenvalue weighted by molar-refractivity contribution is 7.80. The molecule has 1 aromatic carbocycles. The summed E-state index contributed by atoms with van der Waals surface area (Å²) in [5, 5.41) is 34.6. The number of rotatable bonds is 12. The Kier molecular flexibility index (Phi) is 11.0. The van der Waals surface area contributed by atoms with Gasteiger partial charge < -0.3 is 37.0 Å². The summed E-state index contributed by atoms with van der Waals surface area (Å²) in [7, 11) is 0. The first-order chi connectivity index (χ1) is 14.6. The van der Waals surface area contributed by atoms with Crippen LogP contribution in [-0.4, -0.2) is 81.6 Å². The van der Waals surface area contributed by atoms with Gasteiger partial charge in [-0.25, -0.2) is 4.79 Å². The van der Waals surface area contributed by atoms with Gasteiger partial charge in [-0.2, -0.15) is 12.6 Å². The van der Waals surface area contributed by atoms with Crippen molar-refractivity contribution in [1.29, 1.82) is 0 Å². The minimum absolute atomic E-state index is 0.205. The number of carboxylic acids is 1. The highest BCUT2D eigenvalue weighted by Gasteiger charge is 2.31. The van der Waals surface area contributed by atoms with Gasteiger partial charge in [-0.1, -0.05) is 30.3 Å². The molecule has 0 bridgehead atoms. The van der Waals surface area contributed by atoms with Gasteiger partial charge in [-0.05, 0) is 18.9 Å². The van der Waals surface area contributed by atoms with Crippen LogP contribution in [0.2, 0.25) is 0 Å². The van der Waals surface area contributed by atoms with E-state index < -0.39 is 60.6 Å². The first kappa shape index (κ1) is 26.4. The summed E-state index contributed by atoms with van der Waals surface area (Å²) in [5.41, 5.74) is 6.70. The molecule has 8 N–H and O–H groups in total. The number of aliphatic hydroxyl groups excluding tert-OH is 2. The van der Waals surface area contributed by atoms with Crippen LogP contribution in [0, 0.1) is 0 Å². The van der Waals surface area contributed by atoms with Crippen LogP contribution in [0.4, 0.5) is 0 Å². The van der Waals surface area contributed by atoms with E-state index in [0.29, 0.717) is 0 Å². The van der Waals surface area contributed by atoms with Gasteiger partial charge in [0.15, 0.2) is 0 Å². The third kappa shape index (κ3) is 8.53. The van der Waals surface area contributed by atoms with E-state index in [9.17, 15) is 24.3 Å². The molecule has 12 heteroatoms. The van der Waals surface area contributed by atoms with E-state index in [4.69, 9.17) is 15.9 Å². The standard InChI is InChI=1S/C19H28N4O7S/c1-10(25)15(23-16(26)12(20)7-11-5-3-2-4-6-11)18(28)22-14(9-31)17(27)21-13(8-24)19(29)30/h2-6,10,12-15,24-25,31H,7-9,20H2,1H3,(H,21,27)(H,22,28)(H,23,26)(H,29,30). The number of carboxylic acid groups (broad SMARTS) is 1. The van der Waals surface area contributed by atoms with E-state index in [1.807, 2.05) is 6.07 Å². The van der Waals surface area contributed by atoms with E-state index in [1.54, 1.807) is 24.3 Å². The van der Waals surface area contributed by atoms with Gasteiger partial charge in [-0.3, -0.25) is 14.4 Å². The number of hydrogen-bond donors (Lipinski definition) is 8. The maximum atomic E-state index is 12.6. The van der Waals surface area contributed by atoms with Crippen LogP contribution < -0.4 is 21.7 Å².